The van der Waals surface area contributed by atoms with Crippen molar-refractivity contribution in [1.29, 1.82) is 0 Å². The van der Waals surface area contributed by atoms with Crippen molar-refractivity contribution >= 4 is 0 Å². The van der Waals surface area contributed by atoms with Crippen LogP contribution in [0.25, 0.3) is 0 Å². The van der Waals surface area contributed by atoms with Crippen LogP contribution in [-0.4, -0.2) is 42.2 Å². The highest BCUT2D eigenvalue weighted by Crippen LogP contribution is 2.25. The van der Waals surface area contributed by atoms with Crippen LogP contribution in [0.15, 0.2) is 24.4 Å². The molecule has 0 bridgehead atoms. The maximum atomic E-state index is 5.48. The van der Waals surface area contributed by atoms with E-state index in [2.05, 4.69) is 22.0 Å². The van der Waals surface area contributed by atoms with Crippen molar-refractivity contribution in [3.05, 3.63) is 30.1 Å². The summed E-state index contributed by atoms with van der Waals surface area (Å²) in [6.07, 6.45) is 6.88. The molecule has 0 aliphatic carbocycles. The largest absolute Gasteiger partial charge is 0.380 e. The summed E-state index contributed by atoms with van der Waals surface area (Å²) in [7, 11) is 0. The summed E-state index contributed by atoms with van der Waals surface area (Å²) in [6, 6.07) is 6.90. The monoisotopic (exact) mass is 246 g/mol. The Kier molecular flexibility index (Phi) is 3.91. The molecule has 0 N–H and O–H groups in total. The smallest absolute Gasteiger partial charge is 0.0622 e. The molecule has 2 atom stereocenters. The summed E-state index contributed by atoms with van der Waals surface area (Å²) in [6.45, 7) is 4.44. The van der Waals surface area contributed by atoms with Gasteiger partial charge in [-0.3, -0.25) is 9.88 Å². The maximum Gasteiger partial charge on any atom is 0.0622 e. The third-order valence-corrected chi connectivity index (χ3v) is 4.27. The fraction of sp³-hybridized carbons (Fsp3) is 0.667. The number of hydrogen-bond acceptors (Lipinski definition) is 3. The first-order chi connectivity index (χ1) is 8.92. The van der Waals surface area contributed by atoms with E-state index in [1.165, 1.54) is 38.0 Å². The fourth-order valence-electron chi connectivity index (χ4n) is 3.14. The first kappa shape index (κ1) is 12.1. The normalized spacial score (nSPS) is 28.9. The average Bonchev–Trinajstić information content (AvgIpc) is 3.08. The van der Waals surface area contributed by atoms with Crippen molar-refractivity contribution in [1.82, 2.24) is 9.88 Å². The Balaban J connectivity index is 1.45. The van der Waals surface area contributed by atoms with Gasteiger partial charge in [0.25, 0.3) is 0 Å². The van der Waals surface area contributed by atoms with Gasteiger partial charge in [0, 0.05) is 31.1 Å². The molecule has 2 saturated heterocycles. The molecule has 0 saturated carbocycles. The van der Waals surface area contributed by atoms with Crippen LogP contribution in [0.4, 0.5) is 0 Å². The molecule has 18 heavy (non-hydrogen) atoms. The van der Waals surface area contributed by atoms with Crippen LogP contribution in [0.2, 0.25) is 0 Å². The summed E-state index contributed by atoms with van der Waals surface area (Å²) in [5.41, 5.74) is 1.24. The van der Waals surface area contributed by atoms with Crippen LogP contribution in [0, 0.1) is 5.92 Å². The minimum atomic E-state index is 0.699. The number of aromatic nitrogens is 1. The SMILES string of the molecule is c1ccc(CC[C@@H]2CCN(C3CCOC3)C2)nc1. The lowest BCUT2D eigenvalue weighted by Crippen LogP contribution is -2.33. The van der Waals surface area contributed by atoms with E-state index in [-0.39, 0.29) is 0 Å². The van der Waals surface area contributed by atoms with E-state index in [0.29, 0.717) is 6.04 Å². The number of aryl methyl sites for hydroxylation is 1. The molecule has 0 aromatic carbocycles. The quantitative estimate of drug-likeness (QED) is 0.813. The van der Waals surface area contributed by atoms with E-state index >= 15 is 0 Å². The molecule has 2 aliphatic rings. The molecule has 1 aromatic rings. The van der Waals surface area contributed by atoms with E-state index in [1.807, 2.05) is 12.3 Å². The van der Waals surface area contributed by atoms with Crippen LogP contribution in [0.1, 0.15) is 25.0 Å². The number of nitrogens with zero attached hydrogens (tertiary/aromatic N) is 2. The summed E-state index contributed by atoms with van der Waals surface area (Å²) in [5, 5.41) is 0. The molecule has 0 amide bonds. The van der Waals surface area contributed by atoms with Crippen LogP contribution in [-0.2, 0) is 11.2 Å². The molecule has 2 aliphatic heterocycles. The molecule has 98 valence electrons. The third-order valence-electron chi connectivity index (χ3n) is 4.27. The van der Waals surface area contributed by atoms with Gasteiger partial charge < -0.3 is 4.74 Å². The molecule has 1 aromatic heterocycles. The highest BCUT2D eigenvalue weighted by atomic mass is 16.5. The van der Waals surface area contributed by atoms with Gasteiger partial charge in [-0.2, -0.15) is 0 Å². The molecule has 1 unspecified atom stereocenters. The van der Waals surface area contributed by atoms with Crippen LogP contribution < -0.4 is 0 Å². The van der Waals surface area contributed by atoms with Crippen molar-refractivity contribution in [3.63, 3.8) is 0 Å². The fourth-order valence-corrected chi connectivity index (χ4v) is 3.14. The Morgan fingerprint density at radius 2 is 2.33 bits per heavy atom. The van der Waals surface area contributed by atoms with Crippen molar-refractivity contribution in [2.75, 3.05) is 26.3 Å². The van der Waals surface area contributed by atoms with Crippen molar-refractivity contribution in [2.45, 2.75) is 31.7 Å². The summed E-state index contributed by atoms with van der Waals surface area (Å²) < 4.78 is 5.48. The van der Waals surface area contributed by atoms with Gasteiger partial charge in [0.05, 0.1) is 6.61 Å². The number of likely N-dealkylation sites (tertiary alicyclic amines) is 1. The minimum absolute atomic E-state index is 0.699. The first-order valence-electron chi connectivity index (χ1n) is 7.13. The summed E-state index contributed by atoms with van der Waals surface area (Å²) >= 11 is 0. The van der Waals surface area contributed by atoms with Gasteiger partial charge in [-0.05, 0) is 50.3 Å². The van der Waals surface area contributed by atoms with E-state index in [9.17, 15) is 0 Å². The Hall–Kier alpha value is -0.930. The molecule has 2 fully saturated rings. The first-order valence-corrected chi connectivity index (χ1v) is 7.13. The molecule has 3 rings (SSSR count). The lowest BCUT2D eigenvalue weighted by Gasteiger charge is -2.22. The van der Waals surface area contributed by atoms with Gasteiger partial charge >= 0.3 is 0 Å². The van der Waals surface area contributed by atoms with E-state index < -0.39 is 0 Å². The summed E-state index contributed by atoms with van der Waals surface area (Å²) in [5.74, 6) is 0.854. The molecule has 3 heterocycles. The summed E-state index contributed by atoms with van der Waals surface area (Å²) in [4.78, 5) is 7.04. The van der Waals surface area contributed by atoms with E-state index in [1.54, 1.807) is 0 Å². The topological polar surface area (TPSA) is 25.4 Å². The minimum Gasteiger partial charge on any atom is -0.380 e. The van der Waals surface area contributed by atoms with Gasteiger partial charge in [-0.25, -0.2) is 0 Å². The lowest BCUT2D eigenvalue weighted by atomic mass is 10.0. The van der Waals surface area contributed by atoms with Crippen molar-refractivity contribution < 1.29 is 4.74 Å². The predicted octanol–water partition coefficient (Wildman–Crippen LogP) is 2.12. The Morgan fingerprint density at radius 1 is 1.33 bits per heavy atom. The van der Waals surface area contributed by atoms with E-state index in [4.69, 9.17) is 4.74 Å². The lowest BCUT2D eigenvalue weighted by molar-refractivity contribution is 0.156. The Morgan fingerprint density at radius 3 is 3.11 bits per heavy atom. The number of rotatable bonds is 4. The number of pyridine rings is 1. The molecule has 3 heteroatoms. The Bertz CT molecular complexity index is 362. The molecule has 0 radical (unpaired) electrons. The molecule has 3 nitrogen and oxygen atoms in total. The standard InChI is InChI=1S/C15H22N2O/c1-2-8-16-14(3-1)5-4-13-6-9-17(11-13)15-7-10-18-12-15/h1-3,8,13,15H,4-7,9-12H2/t13-,15?/m1/s1. The zero-order valence-electron chi connectivity index (χ0n) is 10.9. The number of ether oxygens (including phenoxy) is 1. The van der Waals surface area contributed by atoms with Gasteiger partial charge in [0.1, 0.15) is 0 Å². The average molecular weight is 246 g/mol. The third kappa shape index (κ3) is 2.90. The van der Waals surface area contributed by atoms with Crippen molar-refractivity contribution in [2.24, 2.45) is 5.92 Å². The second-order valence-electron chi connectivity index (χ2n) is 5.53. The molecule has 0 spiro atoms. The molecular formula is C15H22N2O. The van der Waals surface area contributed by atoms with Crippen LogP contribution in [0.5, 0.6) is 0 Å². The van der Waals surface area contributed by atoms with Crippen molar-refractivity contribution in [3.8, 4) is 0 Å². The van der Waals surface area contributed by atoms with E-state index in [0.717, 1.165) is 25.6 Å². The zero-order valence-corrected chi connectivity index (χ0v) is 10.9. The van der Waals surface area contributed by atoms with Gasteiger partial charge in [-0.1, -0.05) is 6.07 Å². The predicted molar refractivity (Wildman–Crippen MR) is 71.5 cm³/mol. The second kappa shape index (κ2) is 5.81. The van der Waals surface area contributed by atoms with Gasteiger partial charge in [0.15, 0.2) is 0 Å². The van der Waals surface area contributed by atoms with Gasteiger partial charge in [-0.15, -0.1) is 0 Å². The van der Waals surface area contributed by atoms with Crippen LogP contribution >= 0.6 is 0 Å². The maximum absolute atomic E-state index is 5.48. The highest BCUT2D eigenvalue weighted by Gasteiger charge is 2.30. The molecular weight excluding hydrogens is 224 g/mol. The van der Waals surface area contributed by atoms with Crippen LogP contribution in [0.3, 0.4) is 0 Å². The zero-order chi connectivity index (χ0) is 12.2. The number of hydrogen-bond donors (Lipinski definition) is 0. The van der Waals surface area contributed by atoms with Gasteiger partial charge in [0.2, 0.25) is 0 Å². The Labute approximate surface area is 109 Å². The highest BCUT2D eigenvalue weighted by molar-refractivity contribution is 5.03. The second-order valence-corrected chi connectivity index (χ2v) is 5.53.